The van der Waals surface area contributed by atoms with Crippen LogP contribution in [0.2, 0.25) is 0 Å². The van der Waals surface area contributed by atoms with Gasteiger partial charge in [-0.2, -0.15) is 0 Å². The molecule has 0 bridgehead atoms. The predicted molar refractivity (Wildman–Crippen MR) is 76.9 cm³/mol. The van der Waals surface area contributed by atoms with E-state index in [1.165, 1.54) is 16.7 Å². The average molecular weight is 246 g/mol. The number of rotatable bonds is 0. The highest BCUT2D eigenvalue weighted by Crippen LogP contribution is 2.33. The molecule has 0 N–H and O–H groups in total. The fraction of sp³-hybridized carbons (Fsp3) is 0.647. The zero-order valence-corrected chi connectivity index (χ0v) is 12.6. The Labute approximate surface area is 112 Å². The van der Waals surface area contributed by atoms with E-state index < -0.39 is 0 Å². The van der Waals surface area contributed by atoms with Crippen molar-refractivity contribution in [2.75, 3.05) is 0 Å². The van der Waals surface area contributed by atoms with Crippen LogP contribution in [0.5, 0.6) is 0 Å². The Balaban J connectivity index is 2.31. The van der Waals surface area contributed by atoms with Crippen molar-refractivity contribution >= 4 is 0 Å². The monoisotopic (exact) mass is 246 g/mol. The largest absolute Gasteiger partial charge is 0.373 e. The van der Waals surface area contributed by atoms with Crippen LogP contribution in [0.3, 0.4) is 0 Å². The van der Waals surface area contributed by atoms with Gasteiger partial charge in [0.15, 0.2) is 0 Å². The second-order valence-electron chi connectivity index (χ2n) is 7.60. The van der Waals surface area contributed by atoms with E-state index in [4.69, 9.17) is 4.74 Å². The zero-order chi connectivity index (χ0) is 13.6. The summed E-state index contributed by atoms with van der Waals surface area (Å²) in [5.74, 6) is 0. The van der Waals surface area contributed by atoms with Crippen molar-refractivity contribution in [3.8, 4) is 0 Å². The smallest absolute Gasteiger partial charge is 0.0723 e. The molecule has 2 rings (SSSR count). The third-order valence-electron chi connectivity index (χ3n) is 3.88. The summed E-state index contributed by atoms with van der Waals surface area (Å²) in [4.78, 5) is 0. The van der Waals surface area contributed by atoms with Crippen LogP contribution >= 0.6 is 0 Å². The van der Waals surface area contributed by atoms with Crippen LogP contribution in [-0.2, 0) is 23.2 Å². The summed E-state index contributed by atoms with van der Waals surface area (Å²) in [6.45, 7) is 14.4. The second-order valence-corrected chi connectivity index (χ2v) is 7.60. The van der Waals surface area contributed by atoms with Gasteiger partial charge in [-0.05, 0) is 33.9 Å². The van der Waals surface area contributed by atoms with Gasteiger partial charge in [0, 0.05) is 0 Å². The van der Waals surface area contributed by atoms with Crippen LogP contribution in [-0.4, -0.2) is 6.10 Å². The van der Waals surface area contributed by atoms with Gasteiger partial charge in [-0.1, -0.05) is 59.7 Å². The van der Waals surface area contributed by atoms with Crippen molar-refractivity contribution < 1.29 is 4.74 Å². The molecule has 1 unspecified atom stereocenters. The first-order chi connectivity index (χ1) is 8.18. The summed E-state index contributed by atoms with van der Waals surface area (Å²) in [7, 11) is 0. The van der Waals surface area contributed by atoms with E-state index in [1.807, 2.05) is 0 Å². The van der Waals surface area contributed by atoms with Gasteiger partial charge in [0.1, 0.15) is 0 Å². The molecule has 0 aliphatic carbocycles. The Morgan fingerprint density at radius 3 is 2.22 bits per heavy atom. The Bertz CT molecular complexity index is 432. The van der Waals surface area contributed by atoms with Gasteiger partial charge in [0.05, 0.1) is 12.7 Å². The van der Waals surface area contributed by atoms with Crippen LogP contribution in [0.1, 0.15) is 58.2 Å². The van der Waals surface area contributed by atoms with Gasteiger partial charge in [0.25, 0.3) is 0 Å². The molecule has 100 valence electrons. The molecule has 0 aromatic heterocycles. The predicted octanol–water partition coefficient (Wildman–Crippen LogP) is 4.47. The molecule has 1 heterocycles. The first kappa shape index (κ1) is 13.6. The molecule has 1 nitrogen and oxygen atoms in total. The van der Waals surface area contributed by atoms with Crippen molar-refractivity contribution in [2.24, 2.45) is 5.41 Å². The molecule has 0 amide bonds. The van der Waals surface area contributed by atoms with Crippen molar-refractivity contribution in [1.82, 2.24) is 0 Å². The maximum atomic E-state index is 5.99. The van der Waals surface area contributed by atoms with Gasteiger partial charge in [0.2, 0.25) is 0 Å². The lowest BCUT2D eigenvalue weighted by Crippen LogP contribution is -2.34. The quantitative estimate of drug-likeness (QED) is 0.656. The SMILES string of the molecule is CC(C)(C)c1ccc2c(c1)CC(C(C)(C)C)OC2. The van der Waals surface area contributed by atoms with Crippen molar-refractivity contribution in [2.45, 2.75) is 66.1 Å². The minimum Gasteiger partial charge on any atom is -0.373 e. The highest BCUT2D eigenvalue weighted by Gasteiger charge is 2.30. The standard InChI is InChI=1S/C17H26O/c1-16(2,3)14-8-7-12-11-18-15(17(4,5)6)10-13(12)9-14/h7-9,15H,10-11H2,1-6H3. The van der Waals surface area contributed by atoms with E-state index in [1.54, 1.807) is 0 Å². The van der Waals surface area contributed by atoms with E-state index in [-0.39, 0.29) is 10.8 Å². The summed E-state index contributed by atoms with van der Waals surface area (Å²) < 4.78 is 5.99. The highest BCUT2D eigenvalue weighted by atomic mass is 16.5. The van der Waals surface area contributed by atoms with E-state index in [2.05, 4.69) is 59.7 Å². The van der Waals surface area contributed by atoms with Gasteiger partial charge in [-0.15, -0.1) is 0 Å². The zero-order valence-electron chi connectivity index (χ0n) is 12.6. The fourth-order valence-corrected chi connectivity index (χ4v) is 2.43. The van der Waals surface area contributed by atoms with E-state index in [0.717, 1.165) is 13.0 Å². The lowest BCUT2D eigenvalue weighted by molar-refractivity contribution is -0.0375. The van der Waals surface area contributed by atoms with Gasteiger partial charge in [-0.3, -0.25) is 0 Å². The van der Waals surface area contributed by atoms with E-state index >= 15 is 0 Å². The van der Waals surface area contributed by atoms with E-state index in [9.17, 15) is 0 Å². The molecule has 1 aliphatic rings. The van der Waals surface area contributed by atoms with Crippen LogP contribution in [0.25, 0.3) is 0 Å². The summed E-state index contributed by atoms with van der Waals surface area (Å²) >= 11 is 0. The van der Waals surface area contributed by atoms with Crippen molar-refractivity contribution in [3.63, 3.8) is 0 Å². The van der Waals surface area contributed by atoms with Gasteiger partial charge in [-0.25, -0.2) is 0 Å². The Morgan fingerprint density at radius 2 is 1.67 bits per heavy atom. The molecule has 0 radical (unpaired) electrons. The highest BCUT2D eigenvalue weighted by molar-refractivity contribution is 5.36. The Kier molecular flexibility index (Phi) is 3.31. The number of hydrogen-bond donors (Lipinski definition) is 0. The third kappa shape index (κ3) is 2.77. The molecule has 1 aliphatic heterocycles. The molecular formula is C17H26O. The number of hydrogen-bond acceptors (Lipinski definition) is 1. The normalized spacial score (nSPS) is 20.7. The first-order valence-corrected chi connectivity index (χ1v) is 6.92. The molecule has 0 saturated carbocycles. The lowest BCUT2D eigenvalue weighted by Gasteiger charge is -2.35. The third-order valence-corrected chi connectivity index (χ3v) is 3.88. The summed E-state index contributed by atoms with van der Waals surface area (Å²) in [6.07, 6.45) is 1.38. The number of fused-ring (bicyclic) bond motifs is 1. The van der Waals surface area contributed by atoms with Crippen LogP contribution in [0.15, 0.2) is 18.2 Å². The Hall–Kier alpha value is -0.820. The minimum absolute atomic E-state index is 0.218. The molecule has 18 heavy (non-hydrogen) atoms. The van der Waals surface area contributed by atoms with Crippen LogP contribution < -0.4 is 0 Å². The number of ether oxygens (including phenoxy) is 1. The van der Waals surface area contributed by atoms with Crippen LogP contribution in [0, 0.1) is 5.41 Å². The van der Waals surface area contributed by atoms with Gasteiger partial charge < -0.3 is 4.74 Å². The molecule has 1 aromatic carbocycles. The maximum absolute atomic E-state index is 5.99. The molecule has 0 fully saturated rings. The molecule has 1 aromatic rings. The van der Waals surface area contributed by atoms with E-state index in [0.29, 0.717) is 6.10 Å². The molecular weight excluding hydrogens is 220 g/mol. The maximum Gasteiger partial charge on any atom is 0.0723 e. The lowest BCUT2D eigenvalue weighted by atomic mass is 9.80. The summed E-state index contributed by atoms with van der Waals surface area (Å²) in [6, 6.07) is 6.88. The van der Waals surface area contributed by atoms with Gasteiger partial charge >= 0.3 is 0 Å². The van der Waals surface area contributed by atoms with Crippen molar-refractivity contribution in [3.05, 3.63) is 34.9 Å². The average Bonchev–Trinajstić information content (AvgIpc) is 2.25. The molecule has 0 spiro atoms. The molecule has 1 atom stereocenters. The summed E-state index contributed by atoms with van der Waals surface area (Å²) in [5.41, 5.74) is 4.72. The first-order valence-electron chi connectivity index (χ1n) is 6.92. The molecule has 0 saturated heterocycles. The number of benzene rings is 1. The summed E-state index contributed by atoms with van der Waals surface area (Å²) in [5, 5.41) is 0. The van der Waals surface area contributed by atoms with Crippen LogP contribution in [0.4, 0.5) is 0 Å². The fourth-order valence-electron chi connectivity index (χ4n) is 2.43. The molecule has 1 heteroatoms. The Morgan fingerprint density at radius 1 is 1.00 bits per heavy atom. The topological polar surface area (TPSA) is 9.23 Å². The minimum atomic E-state index is 0.218. The second kappa shape index (κ2) is 4.38. The van der Waals surface area contributed by atoms with Crippen molar-refractivity contribution in [1.29, 1.82) is 0 Å².